The van der Waals surface area contributed by atoms with Gasteiger partial charge in [-0.3, -0.25) is 15.0 Å². The summed E-state index contributed by atoms with van der Waals surface area (Å²) in [5.74, 6) is 0. The summed E-state index contributed by atoms with van der Waals surface area (Å²) in [7, 11) is 0. The predicted molar refractivity (Wildman–Crippen MR) is 76.6 cm³/mol. The lowest BCUT2D eigenvalue weighted by atomic mass is 10.1. The van der Waals surface area contributed by atoms with Crippen molar-refractivity contribution >= 4 is 11.4 Å². The number of para-hydroxylation sites is 1. The fourth-order valence-electron chi connectivity index (χ4n) is 2.81. The number of aryl methyl sites for hydroxylation is 1. The summed E-state index contributed by atoms with van der Waals surface area (Å²) >= 11 is 0. The average Bonchev–Trinajstić information content (AvgIpc) is 2.83. The third-order valence-electron chi connectivity index (χ3n) is 3.85. The highest BCUT2D eigenvalue weighted by molar-refractivity contribution is 5.65. The van der Waals surface area contributed by atoms with Gasteiger partial charge in [0.1, 0.15) is 5.69 Å². The molecule has 1 aromatic rings. The van der Waals surface area contributed by atoms with Gasteiger partial charge in [0.15, 0.2) is 0 Å². The molecule has 19 heavy (non-hydrogen) atoms. The topological polar surface area (TPSA) is 58.4 Å². The molecular weight excluding hydrogens is 242 g/mol. The van der Waals surface area contributed by atoms with Crippen molar-refractivity contribution in [1.82, 2.24) is 4.90 Å². The third-order valence-corrected chi connectivity index (χ3v) is 3.85. The molecule has 1 unspecified atom stereocenters. The number of nitro groups is 1. The average molecular weight is 263 g/mol. The number of nitrogens with zero attached hydrogens (tertiary/aromatic N) is 2. The van der Waals surface area contributed by atoms with E-state index in [9.17, 15) is 10.1 Å². The van der Waals surface area contributed by atoms with Crippen LogP contribution in [0, 0.1) is 17.0 Å². The Balaban J connectivity index is 2.07. The van der Waals surface area contributed by atoms with Crippen molar-refractivity contribution in [1.29, 1.82) is 0 Å². The monoisotopic (exact) mass is 263 g/mol. The lowest BCUT2D eigenvalue weighted by molar-refractivity contribution is -0.384. The summed E-state index contributed by atoms with van der Waals surface area (Å²) < 4.78 is 0. The smallest absolute Gasteiger partial charge is 0.295 e. The van der Waals surface area contributed by atoms with Crippen LogP contribution in [-0.4, -0.2) is 35.5 Å². The van der Waals surface area contributed by atoms with E-state index in [4.69, 9.17) is 0 Å². The van der Waals surface area contributed by atoms with E-state index in [0.29, 0.717) is 17.3 Å². The third kappa shape index (κ3) is 3.04. The molecule has 0 aromatic heterocycles. The van der Waals surface area contributed by atoms with E-state index in [2.05, 4.69) is 17.1 Å². The van der Waals surface area contributed by atoms with E-state index in [0.717, 1.165) is 19.6 Å². The summed E-state index contributed by atoms with van der Waals surface area (Å²) in [6.45, 7) is 6.89. The zero-order valence-electron chi connectivity index (χ0n) is 11.6. The summed E-state index contributed by atoms with van der Waals surface area (Å²) in [5.41, 5.74) is 1.53. The minimum absolute atomic E-state index is 0.198. The maximum absolute atomic E-state index is 11.1. The van der Waals surface area contributed by atoms with Gasteiger partial charge in [0.25, 0.3) is 5.69 Å². The van der Waals surface area contributed by atoms with Crippen LogP contribution in [0.3, 0.4) is 0 Å². The second-order valence-electron chi connectivity index (χ2n) is 5.03. The van der Waals surface area contributed by atoms with E-state index < -0.39 is 0 Å². The molecule has 0 saturated carbocycles. The van der Waals surface area contributed by atoms with E-state index in [1.807, 2.05) is 6.07 Å². The number of hydrogen-bond acceptors (Lipinski definition) is 4. The van der Waals surface area contributed by atoms with Crippen molar-refractivity contribution in [3.63, 3.8) is 0 Å². The highest BCUT2D eigenvalue weighted by atomic mass is 16.6. The Kier molecular flexibility index (Phi) is 4.37. The largest absolute Gasteiger partial charge is 0.378 e. The lowest BCUT2D eigenvalue weighted by Gasteiger charge is -2.23. The van der Waals surface area contributed by atoms with Crippen LogP contribution in [0.5, 0.6) is 0 Å². The number of nitrogens with one attached hydrogen (secondary N) is 1. The molecule has 1 aliphatic rings. The highest BCUT2D eigenvalue weighted by Gasteiger charge is 2.24. The Morgan fingerprint density at radius 2 is 2.32 bits per heavy atom. The molecule has 0 radical (unpaired) electrons. The van der Waals surface area contributed by atoms with Gasteiger partial charge in [-0.05, 0) is 38.9 Å². The molecule has 5 nitrogen and oxygen atoms in total. The number of benzene rings is 1. The number of likely N-dealkylation sites (N-methyl/N-ethyl adjacent to an activating group) is 1. The molecule has 1 aliphatic heterocycles. The first kappa shape index (κ1) is 13.8. The van der Waals surface area contributed by atoms with Gasteiger partial charge in [-0.15, -0.1) is 0 Å². The minimum Gasteiger partial charge on any atom is -0.378 e. The number of anilines is 1. The molecule has 0 amide bonds. The second-order valence-corrected chi connectivity index (χ2v) is 5.03. The molecule has 2 rings (SSSR count). The first-order valence-corrected chi connectivity index (χ1v) is 6.85. The van der Waals surface area contributed by atoms with Crippen molar-refractivity contribution in [2.45, 2.75) is 32.7 Å². The zero-order chi connectivity index (χ0) is 13.8. The van der Waals surface area contributed by atoms with E-state index >= 15 is 0 Å². The molecule has 0 aliphatic carbocycles. The van der Waals surface area contributed by atoms with Crippen molar-refractivity contribution in [3.8, 4) is 0 Å². The molecule has 1 atom stereocenters. The Labute approximate surface area is 113 Å². The zero-order valence-corrected chi connectivity index (χ0v) is 11.6. The van der Waals surface area contributed by atoms with Crippen molar-refractivity contribution in [2.24, 2.45) is 0 Å². The SMILES string of the molecule is CCN1CCCC1CNc1cccc(C)c1[N+](=O)[O-]. The highest BCUT2D eigenvalue weighted by Crippen LogP contribution is 2.28. The van der Waals surface area contributed by atoms with Crippen LogP contribution >= 0.6 is 0 Å². The van der Waals surface area contributed by atoms with Crippen LogP contribution in [0.1, 0.15) is 25.3 Å². The Morgan fingerprint density at radius 3 is 3.00 bits per heavy atom. The van der Waals surface area contributed by atoms with Gasteiger partial charge in [-0.2, -0.15) is 0 Å². The van der Waals surface area contributed by atoms with Gasteiger partial charge in [0, 0.05) is 18.2 Å². The standard InChI is InChI=1S/C14H21N3O2/c1-3-16-9-5-7-12(16)10-15-13-8-4-6-11(2)14(13)17(18)19/h4,6,8,12,15H,3,5,7,9-10H2,1-2H3. The molecule has 0 spiro atoms. The Hall–Kier alpha value is -1.62. The van der Waals surface area contributed by atoms with Crippen LogP contribution in [0.2, 0.25) is 0 Å². The lowest BCUT2D eigenvalue weighted by Crippen LogP contribution is -2.34. The molecule has 5 heteroatoms. The van der Waals surface area contributed by atoms with Crippen LogP contribution in [0.4, 0.5) is 11.4 Å². The molecule has 1 N–H and O–H groups in total. The maximum atomic E-state index is 11.1. The minimum atomic E-state index is -0.302. The van der Waals surface area contributed by atoms with Crippen LogP contribution < -0.4 is 5.32 Å². The molecular formula is C14H21N3O2. The van der Waals surface area contributed by atoms with Crippen molar-refractivity contribution < 1.29 is 4.92 Å². The number of nitro benzene ring substituents is 1. The van der Waals surface area contributed by atoms with Gasteiger partial charge >= 0.3 is 0 Å². The van der Waals surface area contributed by atoms with Gasteiger partial charge in [0.2, 0.25) is 0 Å². The molecule has 1 saturated heterocycles. The van der Waals surface area contributed by atoms with E-state index in [1.54, 1.807) is 19.1 Å². The predicted octanol–water partition coefficient (Wildman–Crippen LogP) is 2.80. The quantitative estimate of drug-likeness (QED) is 0.655. The van der Waals surface area contributed by atoms with E-state index in [-0.39, 0.29) is 10.6 Å². The van der Waals surface area contributed by atoms with Crippen LogP contribution in [0.15, 0.2) is 18.2 Å². The van der Waals surface area contributed by atoms with Crippen LogP contribution in [0.25, 0.3) is 0 Å². The Bertz CT molecular complexity index is 462. The summed E-state index contributed by atoms with van der Waals surface area (Å²) in [4.78, 5) is 13.2. The molecule has 0 bridgehead atoms. The van der Waals surface area contributed by atoms with Gasteiger partial charge in [0.05, 0.1) is 4.92 Å². The molecule has 104 valence electrons. The normalized spacial score (nSPS) is 19.6. The first-order valence-electron chi connectivity index (χ1n) is 6.85. The number of likely N-dealkylation sites (tertiary alicyclic amines) is 1. The molecule has 1 heterocycles. The summed E-state index contributed by atoms with van der Waals surface area (Å²) in [6.07, 6.45) is 2.39. The van der Waals surface area contributed by atoms with Crippen LogP contribution in [-0.2, 0) is 0 Å². The maximum Gasteiger partial charge on any atom is 0.295 e. The summed E-state index contributed by atoms with van der Waals surface area (Å²) in [5, 5.41) is 14.4. The van der Waals surface area contributed by atoms with Gasteiger partial charge < -0.3 is 5.32 Å². The fraction of sp³-hybridized carbons (Fsp3) is 0.571. The Morgan fingerprint density at radius 1 is 1.53 bits per heavy atom. The molecule has 1 fully saturated rings. The van der Waals surface area contributed by atoms with Crippen molar-refractivity contribution in [3.05, 3.63) is 33.9 Å². The van der Waals surface area contributed by atoms with Crippen molar-refractivity contribution in [2.75, 3.05) is 25.0 Å². The number of hydrogen-bond donors (Lipinski definition) is 1. The number of rotatable bonds is 5. The van der Waals surface area contributed by atoms with Gasteiger partial charge in [-0.25, -0.2) is 0 Å². The summed E-state index contributed by atoms with van der Waals surface area (Å²) in [6, 6.07) is 5.91. The molecule has 1 aromatic carbocycles. The second kappa shape index (κ2) is 6.02. The van der Waals surface area contributed by atoms with Gasteiger partial charge in [-0.1, -0.05) is 19.1 Å². The first-order chi connectivity index (χ1) is 9.13. The fourth-order valence-corrected chi connectivity index (χ4v) is 2.81. The van der Waals surface area contributed by atoms with E-state index in [1.165, 1.54) is 12.8 Å².